The van der Waals surface area contributed by atoms with Crippen molar-refractivity contribution in [2.24, 2.45) is 16.6 Å². The maximum Gasteiger partial charge on any atom is 0.0639 e. The Bertz CT molecular complexity index is 337. The molecular formula is C14H20N2. The Morgan fingerprint density at radius 3 is 2.50 bits per heavy atom. The van der Waals surface area contributed by atoms with E-state index in [9.17, 15) is 0 Å². The van der Waals surface area contributed by atoms with Crippen LogP contribution in [0.4, 0.5) is 0 Å². The van der Waals surface area contributed by atoms with Gasteiger partial charge in [0.25, 0.3) is 0 Å². The minimum atomic E-state index is 0.623. The summed E-state index contributed by atoms with van der Waals surface area (Å²) in [4.78, 5) is 4.69. The second kappa shape index (κ2) is 5.80. The fourth-order valence-corrected chi connectivity index (χ4v) is 2.40. The summed E-state index contributed by atoms with van der Waals surface area (Å²) in [5.74, 6) is 0.661. The highest BCUT2D eigenvalue weighted by Crippen LogP contribution is 2.26. The van der Waals surface area contributed by atoms with Gasteiger partial charge < -0.3 is 5.73 Å². The van der Waals surface area contributed by atoms with E-state index in [2.05, 4.69) is 29.3 Å². The lowest BCUT2D eigenvalue weighted by molar-refractivity contribution is 0.712. The summed E-state index contributed by atoms with van der Waals surface area (Å²) in [5.41, 5.74) is 8.28. The Morgan fingerprint density at radius 2 is 1.88 bits per heavy atom. The molecular weight excluding hydrogens is 196 g/mol. The molecule has 2 nitrogen and oxygen atoms in total. The molecule has 2 heteroatoms. The summed E-state index contributed by atoms with van der Waals surface area (Å²) in [6.45, 7) is 1.40. The van der Waals surface area contributed by atoms with E-state index >= 15 is 0 Å². The minimum Gasteiger partial charge on any atom is -0.325 e. The van der Waals surface area contributed by atoms with Crippen molar-refractivity contribution in [3.63, 3.8) is 0 Å². The molecule has 2 N–H and O–H groups in total. The smallest absolute Gasteiger partial charge is 0.0639 e. The predicted molar refractivity (Wildman–Crippen MR) is 68.6 cm³/mol. The van der Waals surface area contributed by atoms with Crippen LogP contribution in [0.1, 0.15) is 31.2 Å². The second-order valence-electron chi connectivity index (χ2n) is 4.48. The number of rotatable bonds is 4. The monoisotopic (exact) mass is 216 g/mol. The molecule has 1 aromatic carbocycles. The Labute approximate surface area is 97.6 Å². The van der Waals surface area contributed by atoms with Crippen molar-refractivity contribution in [3.8, 4) is 0 Å². The molecule has 0 aromatic heterocycles. The topological polar surface area (TPSA) is 38.4 Å². The first kappa shape index (κ1) is 11.3. The van der Waals surface area contributed by atoms with Crippen LogP contribution in [0, 0.1) is 5.92 Å². The summed E-state index contributed by atoms with van der Waals surface area (Å²) < 4.78 is 0. The lowest BCUT2D eigenvalue weighted by atomic mass is 10.0. The Kier molecular flexibility index (Phi) is 4.11. The fraction of sp³-hybridized carbons (Fsp3) is 0.500. The van der Waals surface area contributed by atoms with Crippen molar-refractivity contribution in [3.05, 3.63) is 35.9 Å². The number of nitrogens with zero attached hydrogens (tertiary/aromatic N) is 1. The van der Waals surface area contributed by atoms with Crippen molar-refractivity contribution in [2.75, 3.05) is 6.54 Å². The third kappa shape index (κ3) is 2.92. The molecule has 1 aromatic rings. The molecule has 0 radical (unpaired) electrons. The highest BCUT2D eigenvalue weighted by molar-refractivity contribution is 5.88. The molecule has 1 aliphatic carbocycles. The van der Waals surface area contributed by atoms with E-state index in [0.29, 0.717) is 12.5 Å². The van der Waals surface area contributed by atoms with E-state index in [-0.39, 0.29) is 0 Å². The standard InChI is InChI=1S/C14H20N2/c15-10-14(13-8-4-5-9-13)16-11-12-6-2-1-3-7-12/h1-3,6-7,13H,4-5,8-11,15H2. The van der Waals surface area contributed by atoms with Gasteiger partial charge in [0.05, 0.1) is 6.54 Å². The number of hydrogen-bond acceptors (Lipinski definition) is 2. The van der Waals surface area contributed by atoms with Gasteiger partial charge in [0.15, 0.2) is 0 Å². The van der Waals surface area contributed by atoms with E-state index in [1.165, 1.54) is 37.0 Å². The number of aliphatic imine (C=N–C) groups is 1. The summed E-state index contributed by atoms with van der Waals surface area (Å²) in [6.07, 6.45) is 5.25. The zero-order valence-electron chi connectivity index (χ0n) is 9.73. The number of hydrogen-bond donors (Lipinski definition) is 1. The predicted octanol–water partition coefficient (Wildman–Crippen LogP) is 2.78. The molecule has 1 saturated carbocycles. The molecule has 1 aliphatic rings. The first-order chi connectivity index (χ1) is 7.90. The van der Waals surface area contributed by atoms with E-state index in [0.717, 1.165) is 6.54 Å². The van der Waals surface area contributed by atoms with Crippen LogP contribution in [-0.2, 0) is 6.54 Å². The van der Waals surface area contributed by atoms with Crippen LogP contribution < -0.4 is 5.73 Å². The van der Waals surface area contributed by atoms with Gasteiger partial charge in [-0.05, 0) is 24.3 Å². The normalized spacial score (nSPS) is 17.9. The van der Waals surface area contributed by atoms with Gasteiger partial charge in [-0.25, -0.2) is 0 Å². The lowest BCUT2D eigenvalue weighted by Gasteiger charge is -2.11. The molecule has 0 amide bonds. The maximum atomic E-state index is 5.79. The van der Waals surface area contributed by atoms with Crippen molar-refractivity contribution in [2.45, 2.75) is 32.2 Å². The minimum absolute atomic E-state index is 0.623. The van der Waals surface area contributed by atoms with Crippen molar-refractivity contribution in [1.29, 1.82) is 0 Å². The first-order valence-corrected chi connectivity index (χ1v) is 6.17. The van der Waals surface area contributed by atoms with Gasteiger partial charge in [-0.2, -0.15) is 0 Å². The van der Waals surface area contributed by atoms with Crippen molar-refractivity contribution >= 4 is 5.71 Å². The summed E-state index contributed by atoms with van der Waals surface area (Å²) in [6, 6.07) is 10.4. The van der Waals surface area contributed by atoms with E-state index in [1.807, 2.05) is 6.07 Å². The quantitative estimate of drug-likeness (QED) is 0.772. The van der Waals surface area contributed by atoms with Crippen LogP contribution in [0.3, 0.4) is 0 Å². The highest BCUT2D eigenvalue weighted by Gasteiger charge is 2.19. The molecule has 0 bridgehead atoms. The molecule has 16 heavy (non-hydrogen) atoms. The molecule has 86 valence electrons. The second-order valence-corrected chi connectivity index (χ2v) is 4.48. The molecule has 0 atom stereocenters. The molecule has 2 rings (SSSR count). The van der Waals surface area contributed by atoms with E-state index in [4.69, 9.17) is 5.73 Å². The average molecular weight is 216 g/mol. The Morgan fingerprint density at radius 1 is 1.19 bits per heavy atom. The van der Waals surface area contributed by atoms with Gasteiger partial charge >= 0.3 is 0 Å². The third-order valence-electron chi connectivity index (χ3n) is 3.34. The molecule has 0 saturated heterocycles. The SMILES string of the molecule is NCC(=NCc1ccccc1)C1CCCC1. The summed E-state index contributed by atoms with van der Waals surface area (Å²) in [7, 11) is 0. The molecule has 1 fully saturated rings. The van der Waals surface area contributed by atoms with Crippen LogP contribution in [0.5, 0.6) is 0 Å². The van der Waals surface area contributed by atoms with Crippen LogP contribution in [0.15, 0.2) is 35.3 Å². The molecule has 0 spiro atoms. The Balaban J connectivity index is 1.98. The first-order valence-electron chi connectivity index (χ1n) is 6.17. The number of nitrogens with two attached hydrogens (primary N) is 1. The lowest BCUT2D eigenvalue weighted by Crippen LogP contribution is -2.21. The van der Waals surface area contributed by atoms with Gasteiger partial charge in [-0.3, -0.25) is 4.99 Å². The van der Waals surface area contributed by atoms with Crippen LogP contribution in [0.25, 0.3) is 0 Å². The van der Waals surface area contributed by atoms with Gasteiger partial charge in [0.1, 0.15) is 0 Å². The highest BCUT2D eigenvalue weighted by atomic mass is 14.8. The summed E-state index contributed by atoms with van der Waals surface area (Å²) in [5, 5.41) is 0. The number of benzene rings is 1. The molecule has 0 aliphatic heterocycles. The van der Waals surface area contributed by atoms with Crippen molar-refractivity contribution < 1.29 is 0 Å². The van der Waals surface area contributed by atoms with Gasteiger partial charge in [-0.15, -0.1) is 0 Å². The van der Waals surface area contributed by atoms with Gasteiger partial charge in [-0.1, -0.05) is 43.2 Å². The van der Waals surface area contributed by atoms with Gasteiger partial charge in [0.2, 0.25) is 0 Å². The van der Waals surface area contributed by atoms with Crippen LogP contribution in [-0.4, -0.2) is 12.3 Å². The van der Waals surface area contributed by atoms with Crippen LogP contribution >= 0.6 is 0 Å². The van der Waals surface area contributed by atoms with E-state index < -0.39 is 0 Å². The maximum absolute atomic E-state index is 5.79. The van der Waals surface area contributed by atoms with Crippen LogP contribution in [0.2, 0.25) is 0 Å². The third-order valence-corrected chi connectivity index (χ3v) is 3.34. The van der Waals surface area contributed by atoms with E-state index in [1.54, 1.807) is 0 Å². The average Bonchev–Trinajstić information content (AvgIpc) is 2.85. The molecule has 0 heterocycles. The zero-order valence-corrected chi connectivity index (χ0v) is 9.73. The van der Waals surface area contributed by atoms with Gasteiger partial charge in [0, 0.05) is 12.3 Å². The molecule has 0 unspecified atom stereocenters. The summed E-state index contributed by atoms with van der Waals surface area (Å²) >= 11 is 0. The largest absolute Gasteiger partial charge is 0.325 e. The fourth-order valence-electron chi connectivity index (χ4n) is 2.40. The zero-order chi connectivity index (χ0) is 11.2. The Hall–Kier alpha value is -1.15. The van der Waals surface area contributed by atoms with Crippen molar-refractivity contribution in [1.82, 2.24) is 0 Å².